The van der Waals surface area contributed by atoms with Crippen LogP contribution in [0.2, 0.25) is 0 Å². The van der Waals surface area contributed by atoms with Crippen LogP contribution in [0.5, 0.6) is 5.75 Å². The van der Waals surface area contributed by atoms with Crippen molar-refractivity contribution in [1.82, 2.24) is 0 Å². The summed E-state index contributed by atoms with van der Waals surface area (Å²) in [7, 11) is 0. The zero-order valence-corrected chi connectivity index (χ0v) is 11.5. The van der Waals surface area contributed by atoms with Gasteiger partial charge in [0.2, 0.25) is 0 Å². The van der Waals surface area contributed by atoms with Crippen LogP contribution in [0, 0.1) is 20.2 Å². The maximum atomic E-state index is 11.0. The van der Waals surface area contributed by atoms with Gasteiger partial charge in [-0.1, -0.05) is 0 Å². The van der Waals surface area contributed by atoms with E-state index in [-0.39, 0.29) is 17.1 Å². The van der Waals surface area contributed by atoms with Gasteiger partial charge < -0.3 is 9.15 Å². The Labute approximate surface area is 124 Å². The molecule has 1 aromatic carbocycles. The van der Waals surface area contributed by atoms with E-state index in [0.29, 0.717) is 12.4 Å². The lowest BCUT2D eigenvalue weighted by Crippen LogP contribution is -1.94. The number of benzene rings is 1. The Balaban J connectivity index is 2.29. The van der Waals surface area contributed by atoms with Crippen molar-refractivity contribution in [1.29, 1.82) is 0 Å². The van der Waals surface area contributed by atoms with Crippen LogP contribution < -0.4 is 4.74 Å². The minimum Gasteiger partial charge on any atom is -0.494 e. The first-order valence-electron chi connectivity index (χ1n) is 6.20. The highest BCUT2D eigenvalue weighted by Gasteiger charge is 2.15. The summed E-state index contributed by atoms with van der Waals surface area (Å²) in [4.78, 5) is 24.2. The summed E-state index contributed by atoms with van der Waals surface area (Å²) in [6, 6.07) is 6.77. The van der Waals surface area contributed by atoms with Gasteiger partial charge in [0.05, 0.1) is 29.9 Å². The monoisotopic (exact) mass is 305 g/mol. The van der Waals surface area contributed by atoms with Crippen molar-refractivity contribution < 1.29 is 19.0 Å². The van der Waals surface area contributed by atoms with Gasteiger partial charge in [-0.25, -0.2) is 4.99 Å². The Kier molecular flexibility index (Phi) is 4.47. The average molecular weight is 305 g/mol. The van der Waals surface area contributed by atoms with Gasteiger partial charge in [0.25, 0.3) is 5.69 Å². The van der Waals surface area contributed by atoms with Gasteiger partial charge in [-0.2, -0.15) is 0 Å². The van der Waals surface area contributed by atoms with Crippen LogP contribution >= 0.6 is 0 Å². The third-order valence-corrected chi connectivity index (χ3v) is 2.58. The zero-order valence-electron chi connectivity index (χ0n) is 11.5. The van der Waals surface area contributed by atoms with Crippen LogP contribution in [0.15, 0.2) is 39.7 Å². The van der Waals surface area contributed by atoms with Crippen LogP contribution in [-0.4, -0.2) is 22.7 Å². The Morgan fingerprint density at radius 2 is 2.00 bits per heavy atom. The molecule has 0 unspecified atom stereocenters. The van der Waals surface area contributed by atoms with Crippen molar-refractivity contribution in [3.63, 3.8) is 0 Å². The summed E-state index contributed by atoms with van der Waals surface area (Å²) in [5.41, 5.74) is -0.143. The molecule has 2 rings (SSSR count). The second kappa shape index (κ2) is 6.48. The first kappa shape index (κ1) is 15.2. The van der Waals surface area contributed by atoms with Gasteiger partial charge in [-0.3, -0.25) is 20.2 Å². The zero-order chi connectivity index (χ0) is 16.1. The average Bonchev–Trinajstić information content (AvgIpc) is 2.95. The number of nitrogens with zero attached hydrogens (tertiary/aromatic N) is 3. The van der Waals surface area contributed by atoms with Crippen LogP contribution in [0.1, 0.15) is 12.7 Å². The molecule has 22 heavy (non-hydrogen) atoms. The van der Waals surface area contributed by atoms with E-state index < -0.39 is 15.7 Å². The van der Waals surface area contributed by atoms with E-state index in [2.05, 4.69) is 4.99 Å². The van der Waals surface area contributed by atoms with E-state index in [4.69, 9.17) is 9.15 Å². The molecule has 0 fully saturated rings. The Morgan fingerprint density at radius 3 is 2.59 bits per heavy atom. The second-order valence-electron chi connectivity index (χ2n) is 4.03. The minimum atomic E-state index is -0.684. The summed E-state index contributed by atoms with van der Waals surface area (Å²) in [6.07, 6.45) is 1.18. The topological polar surface area (TPSA) is 121 Å². The van der Waals surface area contributed by atoms with Crippen molar-refractivity contribution in [3.8, 4) is 5.75 Å². The minimum absolute atomic E-state index is 0.0903. The molecular formula is C13H11N3O6. The number of rotatable bonds is 6. The fraction of sp³-hybridized carbons (Fsp3) is 0.154. The molecule has 0 radical (unpaired) electrons. The predicted molar refractivity (Wildman–Crippen MR) is 76.9 cm³/mol. The van der Waals surface area contributed by atoms with E-state index in [1.165, 1.54) is 30.5 Å². The highest BCUT2D eigenvalue weighted by Crippen LogP contribution is 2.31. The molecule has 2 aromatic rings. The molecular weight excluding hydrogens is 294 g/mol. The molecule has 0 bridgehead atoms. The molecule has 0 atom stereocenters. The normalized spacial score (nSPS) is 10.8. The summed E-state index contributed by atoms with van der Waals surface area (Å²) in [5.74, 6) is 0.0549. The third kappa shape index (κ3) is 3.45. The fourth-order valence-corrected chi connectivity index (χ4v) is 1.66. The number of aliphatic imine (C=N–C) groups is 1. The molecule has 0 N–H and O–H groups in total. The van der Waals surface area contributed by atoms with E-state index in [0.717, 1.165) is 0 Å². The van der Waals surface area contributed by atoms with Crippen molar-refractivity contribution in [2.24, 2.45) is 4.99 Å². The van der Waals surface area contributed by atoms with Gasteiger partial charge >= 0.3 is 5.88 Å². The summed E-state index contributed by atoms with van der Waals surface area (Å²) in [6.45, 7) is 2.15. The Morgan fingerprint density at radius 1 is 1.23 bits per heavy atom. The van der Waals surface area contributed by atoms with Crippen molar-refractivity contribution in [3.05, 3.63) is 56.3 Å². The van der Waals surface area contributed by atoms with Gasteiger partial charge in [0.15, 0.2) is 5.76 Å². The quantitative estimate of drug-likeness (QED) is 0.458. The van der Waals surface area contributed by atoms with Crippen molar-refractivity contribution >= 4 is 23.5 Å². The van der Waals surface area contributed by atoms with Gasteiger partial charge in [0.1, 0.15) is 16.4 Å². The van der Waals surface area contributed by atoms with Gasteiger partial charge in [0, 0.05) is 0 Å². The van der Waals surface area contributed by atoms with Crippen LogP contribution in [0.25, 0.3) is 0 Å². The Hall–Kier alpha value is -3.23. The molecule has 0 saturated heterocycles. The molecule has 0 spiro atoms. The number of nitro benzene ring substituents is 1. The summed E-state index contributed by atoms with van der Waals surface area (Å²) in [5, 5.41) is 21.5. The molecule has 0 aliphatic heterocycles. The van der Waals surface area contributed by atoms with Gasteiger partial charge in [-0.15, -0.1) is 0 Å². The van der Waals surface area contributed by atoms with Gasteiger partial charge in [-0.05, 0) is 25.1 Å². The molecule has 0 aliphatic carbocycles. The van der Waals surface area contributed by atoms with Crippen LogP contribution in [0.3, 0.4) is 0 Å². The summed E-state index contributed by atoms with van der Waals surface area (Å²) < 4.78 is 10.1. The predicted octanol–water partition coefficient (Wildman–Crippen LogP) is 3.25. The molecule has 0 saturated carbocycles. The lowest BCUT2D eigenvalue weighted by molar-refractivity contribution is -0.402. The second-order valence-corrected chi connectivity index (χ2v) is 4.03. The fourth-order valence-electron chi connectivity index (χ4n) is 1.66. The highest BCUT2D eigenvalue weighted by molar-refractivity contribution is 5.80. The molecule has 9 nitrogen and oxygen atoms in total. The largest absolute Gasteiger partial charge is 0.494 e. The smallest absolute Gasteiger partial charge is 0.433 e. The van der Waals surface area contributed by atoms with E-state index in [1.54, 1.807) is 13.0 Å². The first-order valence-corrected chi connectivity index (χ1v) is 6.20. The molecule has 114 valence electrons. The van der Waals surface area contributed by atoms with Crippen LogP contribution in [0.4, 0.5) is 17.3 Å². The lowest BCUT2D eigenvalue weighted by atomic mass is 10.2. The van der Waals surface area contributed by atoms with Crippen molar-refractivity contribution in [2.75, 3.05) is 6.61 Å². The lowest BCUT2D eigenvalue weighted by Gasteiger charge is -2.03. The number of nitro groups is 2. The van der Waals surface area contributed by atoms with E-state index >= 15 is 0 Å². The van der Waals surface area contributed by atoms with E-state index in [1.807, 2.05) is 0 Å². The summed E-state index contributed by atoms with van der Waals surface area (Å²) >= 11 is 0. The van der Waals surface area contributed by atoms with Crippen molar-refractivity contribution in [2.45, 2.75) is 6.92 Å². The number of furan rings is 1. The standard InChI is InChI=1S/C13H11N3O6/c1-2-21-9-3-5-11(12(7-9)15(17)18)14-8-10-4-6-13(22-10)16(19)20/h3-8H,2H2,1H3. The molecule has 9 heteroatoms. The molecule has 0 aliphatic rings. The molecule has 1 aromatic heterocycles. The first-order chi connectivity index (χ1) is 10.5. The number of hydrogen-bond acceptors (Lipinski definition) is 7. The highest BCUT2D eigenvalue weighted by atomic mass is 16.6. The SMILES string of the molecule is CCOc1ccc(N=Cc2ccc([N+](=O)[O-])o2)c([N+](=O)[O-])c1. The maximum absolute atomic E-state index is 11.0. The molecule has 0 amide bonds. The third-order valence-electron chi connectivity index (χ3n) is 2.58. The molecule has 1 heterocycles. The maximum Gasteiger partial charge on any atom is 0.433 e. The van der Waals surface area contributed by atoms with E-state index in [9.17, 15) is 20.2 Å². The number of ether oxygens (including phenoxy) is 1. The number of hydrogen-bond donors (Lipinski definition) is 0. The Bertz CT molecular complexity index is 737. The van der Waals surface area contributed by atoms with Crippen LogP contribution in [-0.2, 0) is 0 Å².